The highest BCUT2D eigenvalue weighted by Gasteiger charge is 2.18. The summed E-state index contributed by atoms with van der Waals surface area (Å²) in [5.41, 5.74) is 0.869. The van der Waals surface area contributed by atoms with Crippen molar-refractivity contribution in [2.24, 2.45) is 0 Å². The highest BCUT2D eigenvalue weighted by molar-refractivity contribution is 5.61. The van der Waals surface area contributed by atoms with Gasteiger partial charge in [0.1, 0.15) is 5.75 Å². The molecule has 1 fully saturated rings. The number of likely N-dealkylation sites (tertiary alicyclic amines) is 1. The molecule has 0 atom stereocenters. The number of nitrogens with zero attached hydrogens (tertiary/aromatic N) is 2. The molecule has 0 spiro atoms. The number of rotatable bonds is 4. The predicted octanol–water partition coefficient (Wildman–Crippen LogP) is 2.11. The number of ether oxygens (including phenoxy) is 1. The molecule has 19 heavy (non-hydrogen) atoms. The third-order valence-electron chi connectivity index (χ3n) is 3.47. The third kappa shape index (κ3) is 3.35. The molecule has 6 heteroatoms. The lowest BCUT2D eigenvalue weighted by molar-refractivity contribution is -0.384. The molecule has 1 aliphatic rings. The van der Waals surface area contributed by atoms with Gasteiger partial charge in [-0.25, -0.2) is 0 Å². The predicted molar refractivity (Wildman–Crippen MR) is 73.8 cm³/mol. The number of methoxy groups -OCH3 is 1. The molecule has 2 rings (SSSR count). The van der Waals surface area contributed by atoms with Crippen LogP contribution in [0.4, 0.5) is 11.4 Å². The highest BCUT2D eigenvalue weighted by atomic mass is 16.6. The molecule has 0 unspecified atom stereocenters. The molecule has 0 saturated carbocycles. The molecule has 1 aromatic rings. The number of piperidine rings is 1. The van der Waals surface area contributed by atoms with Crippen molar-refractivity contribution >= 4 is 11.4 Å². The maximum absolute atomic E-state index is 10.7. The molecule has 6 nitrogen and oxygen atoms in total. The van der Waals surface area contributed by atoms with E-state index < -0.39 is 4.92 Å². The zero-order chi connectivity index (χ0) is 13.8. The summed E-state index contributed by atoms with van der Waals surface area (Å²) < 4.78 is 5.22. The van der Waals surface area contributed by atoms with Gasteiger partial charge in [0.15, 0.2) is 0 Å². The first kappa shape index (κ1) is 13.6. The molecule has 1 aromatic carbocycles. The van der Waals surface area contributed by atoms with Crippen LogP contribution in [0.15, 0.2) is 18.2 Å². The first-order valence-electron chi connectivity index (χ1n) is 6.37. The lowest BCUT2D eigenvalue weighted by Gasteiger charge is -2.30. The molecule has 104 valence electrons. The van der Waals surface area contributed by atoms with Gasteiger partial charge in [-0.2, -0.15) is 0 Å². The summed E-state index contributed by atoms with van der Waals surface area (Å²) in [5, 5.41) is 14.1. The van der Waals surface area contributed by atoms with E-state index in [4.69, 9.17) is 4.74 Å². The number of hydrogen-bond donors (Lipinski definition) is 1. The van der Waals surface area contributed by atoms with E-state index in [2.05, 4.69) is 17.3 Å². The van der Waals surface area contributed by atoms with Crippen molar-refractivity contribution in [3.8, 4) is 5.75 Å². The van der Waals surface area contributed by atoms with Gasteiger partial charge in [0.25, 0.3) is 5.69 Å². The van der Waals surface area contributed by atoms with E-state index in [1.54, 1.807) is 6.07 Å². The molecule has 1 N–H and O–H groups in total. The second-order valence-corrected chi connectivity index (χ2v) is 4.86. The lowest BCUT2D eigenvalue weighted by Crippen LogP contribution is -2.36. The summed E-state index contributed by atoms with van der Waals surface area (Å²) in [6, 6.07) is 5.07. The Bertz CT molecular complexity index is 456. The lowest BCUT2D eigenvalue weighted by atomic mass is 10.1. The Morgan fingerprint density at radius 3 is 2.68 bits per heavy atom. The molecular weight excluding hydrogens is 246 g/mol. The molecule has 1 saturated heterocycles. The molecule has 1 heterocycles. The van der Waals surface area contributed by atoms with E-state index in [0.717, 1.165) is 31.6 Å². The number of nitrogens with one attached hydrogen (secondary N) is 1. The van der Waals surface area contributed by atoms with E-state index in [9.17, 15) is 10.1 Å². The van der Waals surface area contributed by atoms with Crippen molar-refractivity contribution in [2.45, 2.75) is 18.9 Å². The van der Waals surface area contributed by atoms with Gasteiger partial charge in [0, 0.05) is 12.1 Å². The molecule has 0 aromatic heterocycles. The minimum atomic E-state index is -0.415. The van der Waals surface area contributed by atoms with Gasteiger partial charge in [0.2, 0.25) is 0 Å². The fraction of sp³-hybridized carbons (Fsp3) is 0.538. The van der Waals surface area contributed by atoms with Crippen LogP contribution in [-0.4, -0.2) is 43.1 Å². The zero-order valence-electron chi connectivity index (χ0n) is 11.3. The zero-order valence-corrected chi connectivity index (χ0v) is 11.3. The quantitative estimate of drug-likeness (QED) is 0.667. The Morgan fingerprint density at radius 2 is 2.11 bits per heavy atom. The maximum Gasteiger partial charge on any atom is 0.273 e. The number of benzene rings is 1. The first-order valence-corrected chi connectivity index (χ1v) is 6.37. The van der Waals surface area contributed by atoms with Crippen LogP contribution >= 0.6 is 0 Å². The standard InChI is InChI=1S/C13H19N3O3/c1-15-7-5-10(6-8-15)14-12-4-3-11(16(17)18)9-13(12)19-2/h3-4,9-10,14H,5-8H2,1-2H3. The largest absolute Gasteiger partial charge is 0.494 e. The number of anilines is 1. The molecule has 1 aliphatic heterocycles. The van der Waals surface area contributed by atoms with Crippen molar-refractivity contribution in [3.05, 3.63) is 28.3 Å². The van der Waals surface area contributed by atoms with Crippen LogP contribution in [-0.2, 0) is 0 Å². The number of hydrogen-bond acceptors (Lipinski definition) is 5. The first-order chi connectivity index (χ1) is 9.10. The summed E-state index contributed by atoms with van der Waals surface area (Å²) in [4.78, 5) is 12.6. The van der Waals surface area contributed by atoms with Crippen LogP contribution in [0.5, 0.6) is 5.75 Å². The molecule has 0 aliphatic carbocycles. The van der Waals surface area contributed by atoms with E-state index >= 15 is 0 Å². The number of nitro groups is 1. The van der Waals surface area contributed by atoms with E-state index in [1.165, 1.54) is 19.2 Å². The summed E-state index contributed by atoms with van der Waals surface area (Å²) in [6.45, 7) is 2.12. The highest BCUT2D eigenvalue weighted by Crippen LogP contribution is 2.30. The van der Waals surface area contributed by atoms with Crippen LogP contribution in [0.25, 0.3) is 0 Å². The maximum atomic E-state index is 10.7. The number of nitro benzene ring substituents is 1. The smallest absolute Gasteiger partial charge is 0.273 e. The van der Waals surface area contributed by atoms with Crippen molar-refractivity contribution in [2.75, 3.05) is 32.6 Å². The van der Waals surface area contributed by atoms with Gasteiger partial charge in [-0.15, -0.1) is 0 Å². The van der Waals surface area contributed by atoms with Gasteiger partial charge in [0.05, 0.1) is 23.8 Å². The number of non-ortho nitro benzene ring substituents is 1. The van der Waals surface area contributed by atoms with E-state index in [-0.39, 0.29) is 5.69 Å². The fourth-order valence-corrected chi connectivity index (χ4v) is 2.29. The van der Waals surface area contributed by atoms with Crippen molar-refractivity contribution < 1.29 is 9.66 Å². The van der Waals surface area contributed by atoms with Crippen LogP contribution in [0.3, 0.4) is 0 Å². The summed E-state index contributed by atoms with van der Waals surface area (Å²) in [7, 11) is 3.64. The summed E-state index contributed by atoms with van der Waals surface area (Å²) >= 11 is 0. The minimum absolute atomic E-state index is 0.0470. The second kappa shape index (κ2) is 5.88. The average molecular weight is 265 g/mol. The van der Waals surface area contributed by atoms with Crippen LogP contribution in [0, 0.1) is 10.1 Å². The fourth-order valence-electron chi connectivity index (χ4n) is 2.29. The van der Waals surface area contributed by atoms with Gasteiger partial charge >= 0.3 is 0 Å². The second-order valence-electron chi connectivity index (χ2n) is 4.86. The Morgan fingerprint density at radius 1 is 1.42 bits per heavy atom. The van der Waals surface area contributed by atoms with Gasteiger partial charge in [-0.1, -0.05) is 0 Å². The van der Waals surface area contributed by atoms with Crippen molar-refractivity contribution in [3.63, 3.8) is 0 Å². The van der Waals surface area contributed by atoms with Gasteiger partial charge in [-0.3, -0.25) is 10.1 Å². The Hall–Kier alpha value is -1.82. The Kier molecular flexibility index (Phi) is 4.21. The van der Waals surface area contributed by atoms with Gasteiger partial charge in [-0.05, 0) is 39.0 Å². The minimum Gasteiger partial charge on any atom is -0.494 e. The van der Waals surface area contributed by atoms with Crippen molar-refractivity contribution in [1.82, 2.24) is 4.90 Å². The SMILES string of the molecule is COc1cc([N+](=O)[O-])ccc1NC1CCN(C)CC1. The van der Waals surface area contributed by atoms with Crippen molar-refractivity contribution in [1.29, 1.82) is 0 Å². The third-order valence-corrected chi connectivity index (χ3v) is 3.47. The Labute approximate surface area is 112 Å². The van der Waals surface area contributed by atoms with Gasteiger partial charge < -0.3 is 15.0 Å². The van der Waals surface area contributed by atoms with Crippen LogP contribution < -0.4 is 10.1 Å². The molecule has 0 bridgehead atoms. The normalized spacial score (nSPS) is 17.2. The Balaban J connectivity index is 2.09. The molecule has 0 radical (unpaired) electrons. The average Bonchev–Trinajstić information content (AvgIpc) is 2.41. The van der Waals surface area contributed by atoms with E-state index in [1.807, 2.05) is 0 Å². The monoisotopic (exact) mass is 265 g/mol. The topological polar surface area (TPSA) is 67.6 Å². The summed E-state index contributed by atoms with van der Waals surface area (Å²) in [5.74, 6) is 0.521. The molecular formula is C13H19N3O3. The molecule has 0 amide bonds. The van der Waals surface area contributed by atoms with Crippen LogP contribution in [0.2, 0.25) is 0 Å². The summed E-state index contributed by atoms with van der Waals surface area (Å²) in [6.07, 6.45) is 2.13. The van der Waals surface area contributed by atoms with E-state index in [0.29, 0.717) is 11.8 Å². The van der Waals surface area contributed by atoms with Crippen LogP contribution in [0.1, 0.15) is 12.8 Å².